The number of hydrogen-bond acceptors (Lipinski definition) is 2. The number of fused-ring (bicyclic) bond motifs is 5. The molecule has 4 saturated carbocycles. The zero-order valence-corrected chi connectivity index (χ0v) is 19.0. The quantitative estimate of drug-likeness (QED) is 0.524. The summed E-state index contributed by atoms with van der Waals surface area (Å²) in [7, 11) is 0. The molecule has 30 heavy (non-hydrogen) atoms. The van der Waals surface area contributed by atoms with E-state index in [2.05, 4.69) is 19.2 Å². The van der Waals surface area contributed by atoms with Crippen molar-refractivity contribution in [3.05, 3.63) is 23.8 Å². The van der Waals surface area contributed by atoms with E-state index in [4.69, 9.17) is 0 Å². The van der Waals surface area contributed by atoms with E-state index >= 15 is 0 Å². The van der Waals surface area contributed by atoms with Gasteiger partial charge >= 0.3 is 0 Å². The van der Waals surface area contributed by atoms with Crippen LogP contribution in [0.5, 0.6) is 5.75 Å². The van der Waals surface area contributed by atoms with Gasteiger partial charge in [0.15, 0.2) is 0 Å². The van der Waals surface area contributed by atoms with Crippen molar-refractivity contribution in [1.29, 1.82) is 0 Å². The van der Waals surface area contributed by atoms with Crippen molar-refractivity contribution in [3.63, 3.8) is 0 Å². The molecule has 3 heteroatoms. The predicted molar refractivity (Wildman–Crippen MR) is 121 cm³/mol. The number of hydrogen-bond donors (Lipinski definition) is 2. The second-order valence-corrected chi connectivity index (χ2v) is 11.7. The van der Waals surface area contributed by atoms with Crippen LogP contribution in [0.2, 0.25) is 0 Å². The standard InChI is InChI=1S/C27H39NO2/c1-17(29)28-25-10-8-20(30)15-22(25)18-14-24-21-9-7-19-6-4-5-12-27(19,3)23(21)11-13-26(24,2)16-18/h8,10,15,18-19,21,23-24,30H,4-7,9,11-14,16H2,1-3H3,(H,28,29)/t18?,19?,21-,23-,24+,26-,27+/m1/s1. The first kappa shape index (κ1) is 20.4. The van der Waals surface area contributed by atoms with Gasteiger partial charge < -0.3 is 10.4 Å². The van der Waals surface area contributed by atoms with Crippen LogP contribution in [0.1, 0.15) is 96.5 Å². The number of anilines is 1. The highest BCUT2D eigenvalue weighted by Crippen LogP contribution is 2.68. The van der Waals surface area contributed by atoms with Crippen molar-refractivity contribution in [2.75, 3.05) is 5.32 Å². The summed E-state index contributed by atoms with van der Waals surface area (Å²) in [6.45, 7) is 6.76. The Morgan fingerprint density at radius 3 is 2.70 bits per heavy atom. The molecule has 0 bridgehead atoms. The molecule has 0 radical (unpaired) electrons. The first-order chi connectivity index (χ1) is 14.3. The fourth-order valence-corrected chi connectivity index (χ4v) is 8.78. The molecule has 0 spiro atoms. The third-order valence-corrected chi connectivity index (χ3v) is 10.1. The minimum absolute atomic E-state index is 0.0350. The Morgan fingerprint density at radius 1 is 1.07 bits per heavy atom. The van der Waals surface area contributed by atoms with Crippen LogP contribution in [-0.4, -0.2) is 11.0 Å². The monoisotopic (exact) mass is 409 g/mol. The molecule has 1 aromatic rings. The Labute approximate surface area is 182 Å². The smallest absolute Gasteiger partial charge is 0.221 e. The van der Waals surface area contributed by atoms with E-state index in [1.807, 2.05) is 12.1 Å². The molecular weight excluding hydrogens is 370 g/mol. The van der Waals surface area contributed by atoms with Gasteiger partial charge in [-0.3, -0.25) is 4.79 Å². The van der Waals surface area contributed by atoms with Crippen molar-refractivity contribution >= 4 is 11.6 Å². The topological polar surface area (TPSA) is 49.3 Å². The first-order valence-electron chi connectivity index (χ1n) is 12.4. The zero-order valence-electron chi connectivity index (χ0n) is 19.0. The number of phenols is 1. The van der Waals surface area contributed by atoms with Crippen LogP contribution < -0.4 is 5.32 Å². The molecule has 3 nitrogen and oxygen atoms in total. The normalized spacial score (nSPS) is 42.7. The van der Waals surface area contributed by atoms with Gasteiger partial charge in [-0.1, -0.05) is 26.7 Å². The molecule has 5 rings (SSSR count). The molecule has 0 aromatic heterocycles. The Kier molecular flexibility index (Phi) is 4.95. The van der Waals surface area contributed by atoms with Crippen molar-refractivity contribution in [2.24, 2.45) is 34.5 Å². The van der Waals surface area contributed by atoms with Crippen LogP contribution in [0.25, 0.3) is 0 Å². The number of phenolic OH excluding ortho intramolecular Hbond substituents is 1. The molecular formula is C27H39NO2. The number of carbonyl (C=O) groups excluding carboxylic acids is 1. The van der Waals surface area contributed by atoms with Crippen LogP contribution in [-0.2, 0) is 4.79 Å². The van der Waals surface area contributed by atoms with Crippen molar-refractivity contribution in [2.45, 2.75) is 90.9 Å². The lowest BCUT2D eigenvalue weighted by atomic mass is 9.45. The number of carbonyl (C=O) groups is 1. The summed E-state index contributed by atoms with van der Waals surface area (Å²) < 4.78 is 0. The minimum atomic E-state index is -0.0350. The third-order valence-electron chi connectivity index (χ3n) is 10.1. The number of nitrogens with one attached hydrogen (secondary N) is 1. The number of aromatic hydroxyl groups is 1. The Bertz CT molecular complexity index is 834. The molecule has 0 aliphatic heterocycles. The maximum Gasteiger partial charge on any atom is 0.221 e. The lowest BCUT2D eigenvalue weighted by Crippen LogP contribution is -2.51. The second-order valence-electron chi connectivity index (χ2n) is 11.7. The van der Waals surface area contributed by atoms with Gasteiger partial charge in [0.1, 0.15) is 5.75 Å². The highest BCUT2D eigenvalue weighted by Gasteiger charge is 2.58. The fourth-order valence-electron chi connectivity index (χ4n) is 8.78. The maximum atomic E-state index is 11.8. The van der Waals surface area contributed by atoms with E-state index in [9.17, 15) is 9.90 Å². The van der Waals surface area contributed by atoms with Gasteiger partial charge in [-0.05, 0) is 116 Å². The Morgan fingerprint density at radius 2 is 1.90 bits per heavy atom. The summed E-state index contributed by atoms with van der Waals surface area (Å²) in [6, 6.07) is 5.49. The molecule has 4 fully saturated rings. The molecule has 4 aliphatic rings. The average Bonchev–Trinajstić information content (AvgIpc) is 3.06. The molecule has 1 amide bonds. The van der Waals surface area contributed by atoms with Crippen LogP contribution in [0.4, 0.5) is 5.69 Å². The van der Waals surface area contributed by atoms with Crippen LogP contribution in [0, 0.1) is 34.5 Å². The second kappa shape index (κ2) is 7.28. The number of rotatable bonds is 2. The van der Waals surface area contributed by atoms with Gasteiger partial charge in [-0.2, -0.15) is 0 Å². The molecule has 1 aromatic carbocycles. The number of amides is 1. The van der Waals surface area contributed by atoms with E-state index in [0.29, 0.717) is 22.5 Å². The van der Waals surface area contributed by atoms with Gasteiger partial charge in [-0.25, -0.2) is 0 Å². The van der Waals surface area contributed by atoms with Crippen LogP contribution in [0.15, 0.2) is 18.2 Å². The van der Waals surface area contributed by atoms with Crippen molar-refractivity contribution < 1.29 is 9.90 Å². The van der Waals surface area contributed by atoms with E-state index < -0.39 is 0 Å². The lowest BCUT2D eigenvalue weighted by molar-refractivity contribution is -0.114. The van der Waals surface area contributed by atoms with E-state index in [-0.39, 0.29) is 5.91 Å². The van der Waals surface area contributed by atoms with Gasteiger partial charge in [0.05, 0.1) is 0 Å². The van der Waals surface area contributed by atoms with Crippen molar-refractivity contribution in [3.8, 4) is 5.75 Å². The summed E-state index contributed by atoms with van der Waals surface area (Å²) in [6.07, 6.45) is 13.8. The summed E-state index contributed by atoms with van der Waals surface area (Å²) in [5.74, 6) is 4.24. The van der Waals surface area contributed by atoms with E-state index in [1.165, 1.54) is 64.2 Å². The van der Waals surface area contributed by atoms with Gasteiger partial charge in [0.2, 0.25) is 5.91 Å². The molecule has 164 valence electrons. The summed E-state index contributed by atoms with van der Waals surface area (Å²) in [5.41, 5.74) is 3.03. The average molecular weight is 410 g/mol. The predicted octanol–water partition coefficient (Wildman–Crippen LogP) is 6.87. The molecule has 2 unspecified atom stereocenters. The highest BCUT2D eigenvalue weighted by atomic mass is 16.3. The van der Waals surface area contributed by atoms with Gasteiger partial charge in [0.25, 0.3) is 0 Å². The lowest BCUT2D eigenvalue weighted by Gasteiger charge is -2.60. The van der Waals surface area contributed by atoms with E-state index in [1.54, 1.807) is 13.0 Å². The van der Waals surface area contributed by atoms with Crippen LogP contribution in [0.3, 0.4) is 0 Å². The molecule has 0 heterocycles. The minimum Gasteiger partial charge on any atom is -0.508 e. The summed E-state index contributed by atoms with van der Waals surface area (Å²) in [4.78, 5) is 11.8. The molecule has 4 aliphatic carbocycles. The molecule has 7 atom stereocenters. The SMILES string of the molecule is CC(=O)Nc1ccc(O)cc1C1C[C@H]2[C@@H]3CCC4CCCC[C@]4(C)[C@@H]3CC[C@]2(C)C1. The van der Waals surface area contributed by atoms with Crippen LogP contribution >= 0.6 is 0 Å². The third kappa shape index (κ3) is 3.19. The maximum absolute atomic E-state index is 11.8. The first-order valence-corrected chi connectivity index (χ1v) is 12.4. The summed E-state index contributed by atoms with van der Waals surface area (Å²) in [5, 5.41) is 13.2. The molecule has 2 N–H and O–H groups in total. The van der Waals surface area contributed by atoms with Crippen molar-refractivity contribution in [1.82, 2.24) is 0 Å². The Balaban J connectivity index is 1.44. The summed E-state index contributed by atoms with van der Waals surface area (Å²) >= 11 is 0. The molecule has 0 saturated heterocycles. The largest absolute Gasteiger partial charge is 0.508 e. The highest BCUT2D eigenvalue weighted by molar-refractivity contribution is 5.89. The van der Waals surface area contributed by atoms with Gasteiger partial charge in [0, 0.05) is 12.6 Å². The van der Waals surface area contributed by atoms with E-state index in [0.717, 1.165) is 34.9 Å². The fraction of sp³-hybridized carbons (Fsp3) is 0.741. The number of benzene rings is 1. The van der Waals surface area contributed by atoms with Gasteiger partial charge in [-0.15, -0.1) is 0 Å². The Hall–Kier alpha value is -1.51. The zero-order chi connectivity index (χ0) is 21.1.